The summed E-state index contributed by atoms with van der Waals surface area (Å²) >= 11 is 0. The smallest absolute Gasteiger partial charge is 0.399 e. The first-order valence-corrected chi connectivity index (χ1v) is 7.99. The average Bonchev–Trinajstić information content (AvgIpc) is 2.60. The molecule has 1 N–H and O–H groups in total. The number of aromatic nitrogens is 1. The third-order valence-corrected chi connectivity index (χ3v) is 3.47. The van der Waals surface area contributed by atoms with Crippen LogP contribution in [0.2, 0.25) is 0 Å². The number of nitrogens with zero attached hydrogens (tertiary/aromatic N) is 1. The molecule has 7 heteroatoms. The second-order valence-electron chi connectivity index (χ2n) is 5.77. The molecule has 0 unspecified atom stereocenters. The van der Waals surface area contributed by atoms with Gasteiger partial charge in [0.25, 0.3) is 0 Å². The third-order valence-electron chi connectivity index (χ3n) is 3.47. The molecule has 0 fully saturated rings. The van der Waals surface area contributed by atoms with Gasteiger partial charge in [-0.2, -0.15) is 13.2 Å². The monoisotopic (exact) mass is 565 g/mol. The van der Waals surface area contributed by atoms with E-state index < -0.39 is 11.7 Å². The van der Waals surface area contributed by atoms with Crippen LogP contribution in [0.25, 0.3) is 22.0 Å². The van der Waals surface area contributed by atoms with Crippen molar-refractivity contribution in [3.8, 4) is 11.3 Å². The van der Waals surface area contributed by atoms with Crippen molar-refractivity contribution in [1.82, 2.24) is 4.98 Å². The van der Waals surface area contributed by atoms with E-state index in [0.717, 1.165) is 22.9 Å². The van der Waals surface area contributed by atoms with Gasteiger partial charge in [-0.05, 0) is 41.9 Å². The van der Waals surface area contributed by atoms with E-state index in [9.17, 15) is 18.0 Å². The molecule has 28 heavy (non-hydrogen) atoms. The summed E-state index contributed by atoms with van der Waals surface area (Å²) in [6.45, 7) is 2.85. The summed E-state index contributed by atoms with van der Waals surface area (Å²) in [6.07, 6.45) is -1.61. The molecule has 1 aromatic heterocycles. The van der Waals surface area contributed by atoms with Gasteiger partial charge in [-0.15, -0.1) is 29.8 Å². The quantitative estimate of drug-likeness (QED) is 0.245. The molecule has 0 aliphatic rings. The molecule has 0 saturated heterocycles. The summed E-state index contributed by atoms with van der Waals surface area (Å²) in [5.41, 5.74) is 0.159. The fourth-order valence-electron chi connectivity index (χ4n) is 2.41. The molecule has 0 saturated carbocycles. The number of benzene rings is 2. The van der Waals surface area contributed by atoms with Gasteiger partial charge in [-0.1, -0.05) is 24.3 Å². The Balaban J connectivity index is 0.000000425. The topological polar surface area (TPSA) is 50.2 Å². The fourth-order valence-corrected chi connectivity index (χ4v) is 2.41. The Bertz CT molecular complexity index is 975. The molecule has 1 radical (unpaired) electrons. The van der Waals surface area contributed by atoms with E-state index in [0.29, 0.717) is 11.3 Å². The van der Waals surface area contributed by atoms with Crippen LogP contribution >= 0.6 is 0 Å². The van der Waals surface area contributed by atoms with Crippen LogP contribution in [0.15, 0.2) is 66.6 Å². The number of hydrogen-bond donors (Lipinski definition) is 1. The SMILES string of the molecule is CC(=O)/C=C(/C)O.FC(F)(F)c1cc[c-]c(-c2nccc3ccccc23)c1.[Ir]. The molecule has 2 aromatic carbocycles. The maximum Gasteiger partial charge on any atom is 0.399 e. The Morgan fingerprint density at radius 3 is 2.39 bits per heavy atom. The first kappa shape index (κ1) is 23.5. The number of carbonyl (C=O) groups excluding carboxylic acids is 1. The van der Waals surface area contributed by atoms with Crippen LogP contribution in [-0.2, 0) is 31.1 Å². The van der Waals surface area contributed by atoms with E-state index in [-0.39, 0.29) is 31.6 Å². The summed E-state index contributed by atoms with van der Waals surface area (Å²) in [5.74, 6) is -0.0625. The molecule has 3 aromatic rings. The molecule has 0 atom stereocenters. The van der Waals surface area contributed by atoms with Crippen molar-refractivity contribution in [2.24, 2.45) is 0 Å². The first-order valence-electron chi connectivity index (χ1n) is 7.99. The van der Waals surface area contributed by atoms with E-state index in [1.54, 1.807) is 6.20 Å². The van der Waals surface area contributed by atoms with Crippen molar-refractivity contribution in [2.45, 2.75) is 20.0 Å². The Labute approximate surface area is 174 Å². The van der Waals surface area contributed by atoms with E-state index >= 15 is 0 Å². The molecule has 3 nitrogen and oxygen atoms in total. The minimum Gasteiger partial charge on any atom is -0.512 e. The minimum atomic E-state index is -4.37. The van der Waals surface area contributed by atoms with E-state index in [2.05, 4.69) is 11.1 Å². The van der Waals surface area contributed by atoms with Gasteiger partial charge >= 0.3 is 6.18 Å². The van der Waals surface area contributed by atoms with Crippen molar-refractivity contribution in [3.63, 3.8) is 0 Å². The van der Waals surface area contributed by atoms with Crippen LogP contribution in [0.5, 0.6) is 0 Å². The van der Waals surface area contributed by atoms with Crippen LogP contribution in [0, 0.1) is 6.07 Å². The van der Waals surface area contributed by atoms with Crippen LogP contribution in [0.3, 0.4) is 0 Å². The summed E-state index contributed by atoms with van der Waals surface area (Å²) in [6, 6.07) is 15.5. The van der Waals surface area contributed by atoms with Gasteiger partial charge in [0.15, 0.2) is 5.78 Å². The number of allylic oxidation sites excluding steroid dienone is 2. The number of ketones is 1. The maximum atomic E-state index is 12.8. The van der Waals surface area contributed by atoms with Crippen molar-refractivity contribution in [2.75, 3.05) is 0 Å². The minimum absolute atomic E-state index is 0. The Morgan fingerprint density at radius 1 is 1.14 bits per heavy atom. The van der Waals surface area contributed by atoms with Crippen molar-refractivity contribution in [3.05, 3.63) is 78.2 Å². The van der Waals surface area contributed by atoms with Gasteiger partial charge in [-0.25, -0.2) is 0 Å². The van der Waals surface area contributed by atoms with Gasteiger partial charge in [0, 0.05) is 32.4 Å². The summed E-state index contributed by atoms with van der Waals surface area (Å²) in [5, 5.41) is 10.1. The third kappa shape index (κ3) is 6.59. The molecule has 0 spiro atoms. The molecule has 3 rings (SSSR count). The standard InChI is InChI=1S/C16H9F3N.C5H8O2.Ir/c17-16(18,19)13-6-3-5-12(10-13)15-14-7-2-1-4-11(14)8-9-20-15;1-4(6)3-5(2)7;/h1-4,6-10H;3,6H,1-2H3;/q-1;;/b;4-3-;. The molecule has 1 heterocycles. The van der Waals surface area contributed by atoms with Crippen LogP contribution < -0.4 is 0 Å². The number of rotatable bonds is 2. The number of carbonyl (C=O) groups is 1. The van der Waals surface area contributed by atoms with E-state index in [1.807, 2.05) is 30.3 Å². The largest absolute Gasteiger partial charge is 0.512 e. The van der Waals surface area contributed by atoms with Crippen LogP contribution in [-0.4, -0.2) is 15.9 Å². The second-order valence-corrected chi connectivity index (χ2v) is 5.77. The number of pyridine rings is 1. The molecule has 0 amide bonds. The Hall–Kier alpha value is -2.50. The van der Waals surface area contributed by atoms with Crippen LogP contribution in [0.1, 0.15) is 19.4 Å². The predicted octanol–water partition coefficient (Wildman–Crippen LogP) is 5.76. The molecule has 0 aliphatic carbocycles. The van der Waals surface area contributed by atoms with Gasteiger partial charge in [-0.3, -0.25) is 4.79 Å². The van der Waals surface area contributed by atoms with Gasteiger partial charge < -0.3 is 10.1 Å². The number of aliphatic hydroxyl groups is 1. The molecular formula is C21H17F3IrNO2-. The van der Waals surface area contributed by atoms with Gasteiger partial charge in [0.05, 0.1) is 5.76 Å². The van der Waals surface area contributed by atoms with Crippen molar-refractivity contribution in [1.29, 1.82) is 0 Å². The van der Waals surface area contributed by atoms with Crippen molar-refractivity contribution < 1.29 is 43.2 Å². The normalized spacial score (nSPS) is 11.2. The first-order chi connectivity index (χ1) is 12.7. The second kappa shape index (κ2) is 10.2. The Morgan fingerprint density at radius 2 is 1.82 bits per heavy atom. The molecule has 0 aliphatic heterocycles. The van der Waals surface area contributed by atoms with Crippen LogP contribution in [0.4, 0.5) is 13.2 Å². The summed E-state index contributed by atoms with van der Waals surface area (Å²) < 4.78 is 38.3. The summed E-state index contributed by atoms with van der Waals surface area (Å²) in [7, 11) is 0. The molecule has 0 bridgehead atoms. The molecule has 149 valence electrons. The molecular weight excluding hydrogens is 547 g/mol. The van der Waals surface area contributed by atoms with Crippen molar-refractivity contribution >= 4 is 16.6 Å². The number of alkyl halides is 3. The van der Waals surface area contributed by atoms with E-state index in [1.165, 1.54) is 26.0 Å². The summed E-state index contributed by atoms with van der Waals surface area (Å²) in [4.78, 5) is 14.2. The zero-order valence-corrected chi connectivity index (χ0v) is 17.4. The average molecular weight is 565 g/mol. The van der Waals surface area contributed by atoms with Gasteiger partial charge in [0.1, 0.15) is 0 Å². The zero-order valence-electron chi connectivity index (χ0n) is 15.0. The van der Waals surface area contributed by atoms with E-state index in [4.69, 9.17) is 5.11 Å². The maximum absolute atomic E-state index is 12.8. The van der Waals surface area contributed by atoms with Gasteiger partial charge in [0.2, 0.25) is 0 Å². The zero-order chi connectivity index (χ0) is 20.0. The number of fused-ring (bicyclic) bond motifs is 1. The number of aliphatic hydroxyl groups excluding tert-OH is 1. The Kier molecular flexibility index (Phi) is 8.54. The number of halogens is 3. The number of hydrogen-bond acceptors (Lipinski definition) is 3. The fraction of sp³-hybridized carbons (Fsp3) is 0.143. The predicted molar refractivity (Wildman–Crippen MR) is 98.1 cm³/mol.